The van der Waals surface area contributed by atoms with Gasteiger partial charge < -0.3 is 10.1 Å². The van der Waals surface area contributed by atoms with Gasteiger partial charge in [-0.25, -0.2) is 0 Å². The molecular weight excluding hydrogens is 429 g/mol. The van der Waals surface area contributed by atoms with Crippen molar-refractivity contribution in [3.63, 3.8) is 0 Å². The Labute approximate surface area is 179 Å². The SMILES string of the molecule is Cc1sc2ccc(OCc3cccnc3C(F)(F)F)cc2c1C(=O)Nc1ccn(C)n1. The summed E-state index contributed by atoms with van der Waals surface area (Å²) in [6, 6.07) is 9.56. The molecule has 1 amide bonds. The lowest BCUT2D eigenvalue weighted by Crippen LogP contribution is -2.13. The molecule has 0 spiro atoms. The molecule has 1 aromatic carbocycles. The highest BCUT2D eigenvalue weighted by Crippen LogP contribution is 2.35. The molecule has 4 aromatic rings. The molecule has 0 saturated carbocycles. The number of benzene rings is 1. The summed E-state index contributed by atoms with van der Waals surface area (Å²) in [4.78, 5) is 17.1. The second-order valence-corrected chi connectivity index (χ2v) is 8.07. The number of carbonyl (C=O) groups is 1. The predicted molar refractivity (Wildman–Crippen MR) is 111 cm³/mol. The van der Waals surface area contributed by atoms with Gasteiger partial charge in [-0.05, 0) is 31.2 Å². The van der Waals surface area contributed by atoms with Gasteiger partial charge in [0.15, 0.2) is 11.5 Å². The number of anilines is 1. The number of alkyl halides is 3. The molecule has 10 heteroatoms. The summed E-state index contributed by atoms with van der Waals surface area (Å²) in [5.41, 5.74) is -0.559. The second kappa shape index (κ2) is 8.03. The lowest BCUT2D eigenvalue weighted by molar-refractivity contribution is -0.142. The highest BCUT2D eigenvalue weighted by molar-refractivity contribution is 7.19. The van der Waals surface area contributed by atoms with Crippen LogP contribution in [0, 0.1) is 6.92 Å². The smallest absolute Gasteiger partial charge is 0.433 e. The van der Waals surface area contributed by atoms with Crippen LogP contribution in [-0.4, -0.2) is 20.7 Å². The molecule has 0 aliphatic rings. The zero-order chi connectivity index (χ0) is 22.2. The fourth-order valence-electron chi connectivity index (χ4n) is 3.20. The summed E-state index contributed by atoms with van der Waals surface area (Å²) in [6.45, 7) is 1.54. The van der Waals surface area contributed by atoms with E-state index >= 15 is 0 Å². The fourth-order valence-corrected chi connectivity index (χ4v) is 4.24. The molecule has 3 heterocycles. The van der Waals surface area contributed by atoms with Crippen LogP contribution in [0.3, 0.4) is 0 Å². The highest BCUT2D eigenvalue weighted by atomic mass is 32.1. The third-order valence-electron chi connectivity index (χ3n) is 4.57. The average Bonchev–Trinajstić information content (AvgIpc) is 3.27. The molecule has 0 radical (unpaired) electrons. The number of rotatable bonds is 5. The van der Waals surface area contributed by atoms with E-state index in [-0.39, 0.29) is 18.1 Å². The van der Waals surface area contributed by atoms with Crippen LogP contribution >= 0.6 is 11.3 Å². The minimum Gasteiger partial charge on any atom is -0.489 e. The number of hydrogen-bond donors (Lipinski definition) is 1. The summed E-state index contributed by atoms with van der Waals surface area (Å²) in [5.74, 6) is 0.468. The molecule has 31 heavy (non-hydrogen) atoms. The van der Waals surface area contributed by atoms with E-state index in [9.17, 15) is 18.0 Å². The van der Waals surface area contributed by atoms with Crippen molar-refractivity contribution in [1.29, 1.82) is 0 Å². The van der Waals surface area contributed by atoms with Crippen molar-refractivity contribution in [2.75, 3.05) is 5.32 Å². The van der Waals surface area contributed by atoms with Crippen molar-refractivity contribution in [2.24, 2.45) is 7.05 Å². The number of amides is 1. The second-order valence-electron chi connectivity index (χ2n) is 6.82. The number of ether oxygens (including phenoxy) is 1. The van der Waals surface area contributed by atoms with Crippen LogP contribution in [0.2, 0.25) is 0 Å². The van der Waals surface area contributed by atoms with Gasteiger partial charge in [0.25, 0.3) is 5.91 Å². The van der Waals surface area contributed by atoms with E-state index in [0.29, 0.717) is 22.5 Å². The molecule has 1 N–H and O–H groups in total. The Balaban J connectivity index is 1.60. The minimum atomic E-state index is -4.56. The number of nitrogens with zero attached hydrogens (tertiary/aromatic N) is 3. The number of aryl methyl sites for hydroxylation is 2. The van der Waals surface area contributed by atoms with Crippen molar-refractivity contribution in [2.45, 2.75) is 19.7 Å². The molecule has 4 rings (SSSR count). The van der Waals surface area contributed by atoms with E-state index in [1.54, 1.807) is 42.2 Å². The van der Waals surface area contributed by atoms with Crippen molar-refractivity contribution in [3.05, 3.63) is 70.5 Å². The number of thiophene rings is 1. The zero-order valence-corrected chi connectivity index (χ0v) is 17.3. The fraction of sp³-hybridized carbons (Fsp3) is 0.190. The van der Waals surface area contributed by atoms with E-state index in [2.05, 4.69) is 15.4 Å². The number of nitrogens with one attached hydrogen (secondary N) is 1. The van der Waals surface area contributed by atoms with Gasteiger partial charge in [-0.1, -0.05) is 6.07 Å². The van der Waals surface area contributed by atoms with Crippen molar-refractivity contribution in [1.82, 2.24) is 14.8 Å². The maximum absolute atomic E-state index is 13.1. The molecule has 0 fully saturated rings. The standard InChI is InChI=1S/C21H17F3N4O2S/c1-12-18(20(29)26-17-7-9-28(2)27-17)15-10-14(5-6-16(15)31-12)30-11-13-4-3-8-25-19(13)21(22,23)24/h3-10H,11H2,1-2H3,(H,26,27,29). The van der Waals surface area contributed by atoms with Crippen LogP contribution in [0.4, 0.5) is 19.0 Å². The van der Waals surface area contributed by atoms with E-state index in [4.69, 9.17) is 4.74 Å². The lowest BCUT2D eigenvalue weighted by atomic mass is 10.1. The molecule has 3 aromatic heterocycles. The van der Waals surface area contributed by atoms with Crippen molar-refractivity contribution >= 4 is 33.1 Å². The number of carbonyl (C=O) groups excluding carboxylic acids is 1. The molecule has 0 aliphatic carbocycles. The molecule has 0 atom stereocenters. The van der Waals surface area contributed by atoms with Crippen LogP contribution in [0.1, 0.15) is 26.5 Å². The topological polar surface area (TPSA) is 69.0 Å². The van der Waals surface area contributed by atoms with Crippen molar-refractivity contribution < 1.29 is 22.7 Å². The molecule has 6 nitrogen and oxygen atoms in total. The first-order valence-corrected chi connectivity index (χ1v) is 10.0. The summed E-state index contributed by atoms with van der Waals surface area (Å²) < 4.78 is 47.5. The summed E-state index contributed by atoms with van der Waals surface area (Å²) in [7, 11) is 1.75. The maximum atomic E-state index is 13.1. The summed E-state index contributed by atoms with van der Waals surface area (Å²) >= 11 is 1.45. The van der Waals surface area contributed by atoms with E-state index in [1.165, 1.54) is 23.5 Å². The number of pyridine rings is 1. The molecule has 0 unspecified atom stereocenters. The van der Waals surface area contributed by atoms with Gasteiger partial charge in [0.05, 0.1) is 5.56 Å². The maximum Gasteiger partial charge on any atom is 0.433 e. The first-order chi connectivity index (χ1) is 14.7. The van der Waals surface area contributed by atoms with Crippen LogP contribution < -0.4 is 10.1 Å². The normalized spacial score (nSPS) is 11.6. The monoisotopic (exact) mass is 446 g/mol. The van der Waals surface area contributed by atoms with Gasteiger partial charge in [-0.3, -0.25) is 14.5 Å². The van der Waals surface area contributed by atoms with Crippen LogP contribution in [0.5, 0.6) is 5.75 Å². The summed E-state index contributed by atoms with van der Waals surface area (Å²) in [6.07, 6.45) is -1.75. The van der Waals surface area contributed by atoms with Gasteiger partial charge in [-0.2, -0.15) is 18.3 Å². The van der Waals surface area contributed by atoms with E-state index in [1.807, 2.05) is 6.92 Å². The largest absolute Gasteiger partial charge is 0.489 e. The Hall–Kier alpha value is -3.40. The molecule has 0 aliphatic heterocycles. The number of hydrogen-bond acceptors (Lipinski definition) is 5. The Bertz CT molecular complexity index is 1260. The molecular formula is C21H17F3N4O2S. The predicted octanol–water partition coefficient (Wildman–Crippen LogP) is 5.19. The summed E-state index contributed by atoms with van der Waals surface area (Å²) in [5, 5.41) is 7.57. The van der Waals surface area contributed by atoms with Gasteiger partial charge in [0.2, 0.25) is 0 Å². The Morgan fingerprint density at radius 1 is 1.26 bits per heavy atom. The Morgan fingerprint density at radius 3 is 2.77 bits per heavy atom. The van der Waals surface area contributed by atoms with E-state index in [0.717, 1.165) is 15.8 Å². The first-order valence-electron chi connectivity index (χ1n) is 9.20. The number of fused-ring (bicyclic) bond motifs is 1. The number of halogens is 3. The van der Waals surface area contributed by atoms with Crippen molar-refractivity contribution in [3.8, 4) is 5.75 Å². The Kier molecular flexibility index (Phi) is 5.40. The third-order valence-corrected chi connectivity index (χ3v) is 5.66. The lowest BCUT2D eigenvalue weighted by Gasteiger charge is -2.12. The molecule has 160 valence electrons. The highest BCUT2D eigenvalue weighted by Gasteiger charge is 2.35. The first kappa shape index (κ1) is 20.9. The van der Waals surface area contributed by atoms with Crippen LogP contribution in [-0.2, 0) is 19.8 Å². The quantitative estimate of drug-likeness (QED) is 0.458. The average molecular weight is 446 g/mol. The number of aromatic nitrogens is 3. The van der Waals surface area contributed by atoms with Crippen LogP contribution in [0.15, 0.2) is 48.8 Å². The van der Waals surface area contributed by atoms with Gasteiger partial charge in [-0.15, -0.1) is 11.3 Å². The van der Waals surface area contributed by atoms with Gasteiger partial charge in [0, 0.05) is 46.0 Å². The van der Waals surface area contributed by atoms with E-state index < -0.39 is 11.9 Å². The van der Waals surface area contributed by atoms with Gasteiger partial charge >= 0.3 is 6.18 Å². The Morgan fingerprint density at radius 2 is 2.06 bits per heavy atom. The minimum absolute atomic E-state index is 0.0651. The zero-order valence-electron chi connectivity index (χ0n) is 16.5. The third kappa shape index (κ3) is 4.38. The van der Waals surface area contributed by atoms with Crippen LogP contribution in [0.25, 0.3) is 10.1 Å². The molecule has 0 saturated heterocycles. The molecule has 0 bridgehead atoms. The van der Waals surface area contributed by atoms with Gasteiger partial charge in [0.1, 0.15) is 12.4 Å².